The summed E-state index contributed by atoms with van der Waals surface area (Å²) in [4.78, 5) is 39.6. The molecule has 0 saturated heterocycles. The van der Waals surface area contributed by atoms with Crippen molar-refractivity contribution in [3.05, 3.63) is 52.8 Å². The summed E-state index contributed by atoms with van der Waals surface area (Å²) in [7, 11) is 1.42. The molecule has 0 aromatic heterocycles. The standard InChI is InChI=1S/C38H48N2O12/c1-16-11-10-12-17(2)37(48)40-28-23(15-39)32(45)25-26(33(28)46)31(44)21(6)35-27(25)36(47)38(8,52-35)50-14-13-24(49-9)18(3)34(51-22(7)41)20(5)30(43)19(4)29(16)42/h10-16,18-20,24,29-30,34,39,42-46H,1-9H3,(H,40,48)/b11-10+,14-13+,17-12-,39-15?/t16-,18+,19+,20+,24-,29-,30+,34+,38-/m0/s1. The van der Waals surface area contributed by atoms with Crippen molar-refractivity contribution in [2.24, 2.45) is 23.7 Å². The van der Waals surface area contributed by atoms with Crippen molar-refractivity contribution in [1.82, 2.24) is 0 Å². The Morgan fingerprint density at radius 1 is 0.962 bits per heavy atom. The number of carbonyl (C=O) groups is 3. The smallest absolute Gasteiger partial charge is 0.312 e. The first-order valence-electron chi connectivity index (χ1n) is 16.9. The van der Waals surface area contributed by atoms with Gasteiger partial charge in [0.05, 0.1) is 46.8 Å². The number of aliphatic hydroxyl groups excluding tert-OH is 2. The molecular formula is C38H48N2O12. The topological polar surface area (TPSA) is 225 Å². The highest BCUT2D eigenvalue weighted by atomic mass is 16.7. The molecule has 14 nitrogen and oxygen atoms in total. The van der Waals surface area contributed by atoms with Crippen LogP contribution < -0.4 is 10.1 Å². The molecule has 9 atom stereocenters. The zero-order valence-corrected chi connectivity index (χ0v) is 30.7. The van der Waals surface area contributed by atoms with E-state index in [4.69, 9.17) is 24.4 Å². The Morgan fingerprint density at radius 2 is 1.62 bits per heavy atom. The second-order valence-corrected chi connectivity index (χ2v) is 13.8. The quantitative estimate of drug-likeness (QED) is 0.0986. The van der Waals surface area contributed by atoms with E-state index in [2.05, 4.69) is 5.32 Å². The summed E-state index contributed by atoms with van der Waals surface area (Å²) in [5.41, 5.74) is -0.799. The number of amides is 1. The molecule has 3 aliphatic rings. The third-order valence-electron chi connectivity index (χ3n) is 10.2. The van der Waals surface area contributed by atoms with E-state index in [-0.39, 0.29) is 44.5 Å². The summed E-state index contributed by atoms with van der Waals surface area (Å²) in [6, 6.07) is 0. The summed E-state index contributed by atoms with van der Waals surface area (Å²) in [5, 5.41) is 66.6. The number of phenolic OH excluding ortho intramolecular Hbond substituents is 3. The summed E-state index contributed by atoms with van der Waals surface area (Å²) < 4.78 is 23.2. The van der Waals surface area contributed by atoms with Crippen molar-refractivity contribution in [1.29, 1.82) is 5.41 Å². The lowest BCUT2D eigenvalue weighted by Gasteiger charge is -2.38. The highest BCUT2D eigenvalue weighted by molar-refractivity contribution is 6.23. The Balaban J connectivity index is 1.93. The molecule has 52 heavy (non-hydrogen) atoms. The first-order valence-corrected chi connectivity index (χ1v) is 16.9. The lowest BCUT2D eigenvalue weighted by molar-refractivity contribution is -0.160. The van der Waals surface area contributed by atoms with Gasteiger partial charge in [0.2, 0.25) is 0 Å². The molecule has 5 rings (SSSR count). The molecule has 0 radical (unpaired) electrons. The number of allylic oxidation sites excluding steroid dienone is 2. The molecule has 14 heteroatoms. The largest absolute Gasteiger partial charge is 0.507 e. The minimum absolute atomic E-state index is 0.0270. The van der Waals surface area contributed by atoms with Crippen molar-refractivity contribution < 1.29 is 58.9 Å². The van der Waals surface area contributed by atoms with E-state index in [1.54, 1.807) is 39.8 Å². The van der Waals surface area contributed by atoms with Crippen molar-refractivity contribution in [2.75, 3.05) is 12.4 Å². The first kappa shape index (κ1) is 39.9. The molecule has 3 aliphatic heterocycles. The zero-order valence-electron chi connectivity index (χ0n) is 30.7. The van der Waals surface area contributed by atoms with E-state index in [1.165, 1.54) is 53.2 Å². The number of rotatable bonds is 3. The molecule has 0 aliphatic carbocycles. The van der Waals surface area contributed by atoms with E-state index in [0.29, 0.717) is 6.21 Å². The summed E-state index contributed by atoms with van der Waals surface area (Å²) in [5.74, 6) is -8.72. The van der Waals surface area contributed by atoms with Gasteiger partial charge in [0.15, 0.2) is 5.75 Å². The van der Waals surface area contributed by atoms with Gasteiger partial charge in [-0.25, -0.2) is 0 Å². The Morgan fingerprint density at radius 3 is 2.21 bits per heavy atom. The highest BCUT2D eigenvalue weighted by Gasteiger charge is 2.50. The van der Waals surface area contributed by atoms with E-state index in [9.17, 15) is 39.9 Å². The first-order chi connectivity index (χ1) is 24.3. The highest BCUT2D eigenvalue weighted by Crippen LogP contribution is 2.55. The number of esters is 1. The second kappa shape index (κ2) is 15.4. The third-order valence-corrected chi connectivity index (χ3v) is 10.2. The molecule has 0 saturated carbocycles. The fraction of sp³-hybridized carbons (Fsp3) is 0.474. The van der Waals surface area contributed by atoms with Gasteiger partial charge >= 0.3 is 11.8 Å². The summed E-state index contributed by atoms with van der Waals surface area (Å²) in [6.45, 7) is 12.3. The molecule has 282 valence electrons. The maximum absolute atomic E-state index is 14.1. The van der Waals surface area contributed by atoms with Crippen LogP contribution >= 0.6 is 0 Å². The number of hydrogen-bond donors (Lipinski definition) is 7. The van der Waals surface area contributed by atoms with Crippen molar-refractivity contribution >= 4 is 40.3 Å². The van der Waals surface area contributed by atoms with Crippen LogP contribution in [0.25, 0.3) is 10.8 Å². The number of ether oxygens (including phenoxy) is 4. The maximum atomic E-state index is 14.1. The molecule has 2 aromatic carbocycles. The number of nitrogens with one attached hydrogen (secondary N) is 2. The molecule has 1 amide bonds. The number of carbonyl (C=O) groups excluding carboxylic acids is 3. The van der Waals surface area contributed by atoms with Gasteiger partial charge in [-0.2, -0.15) is 0 Å². The number of anilines is 1. The van der Waals surface area contributed by atoms with Crippen LogP contribution in [0.15, 0.2) is 36.1 Å². The van der Waals surface area contributed by atoms with Crippen LogP contribution in [0.2, 0.25) is 0 Å². The van der Waals surface area contributed by atoms with Crippen LogP contribution in [0.5, 0.6) is 23.0 Å². The minimum Gasteiger partial charge on any atom is -0.507 e. The molecule has 0 spiro atoms. The van der Waals surface area contributed by atoms with Gasteiger partial charge in [0.1, 0.15) is 23.4 Å². The average molecular weight is 725 g/mol. The van der Waals surface area contributed by atoms with Gasteiger partial charge < -0.3 is 55.2 Å². The van der Waals surface area contributed by atoms with Crippen LogP contribution in [0.4, 0.5) is 5.69 Å². The monoisotopic (exact) mass is 724 g/mol. The predicted molar refractivity (Wildman–Crippen MR) is 192 cm³/mol. The zero-order chi connectivity index (χ0) is 39.0. The number of hydrogen-bond acceptors (Lipinski definition) is 13. The molecule has 0 unspecified atom stereocenters. The lowest BCUT2D eigenvalue weighted by Crippen LogP contribution is -2.46. The Bertz CT molecular complexity index is 1870. The predicted octanol–water partition coefficient (Wildman–Crippen LogP) is 4.75. The van der Waals surface area contributed by atoms with Gasteiger partial charge in [0, 0.05) is 67.4 Å². The lowest BCUT2D eigenvalue weighted by atomic mass is 9.78. The molecule has 7 N–H and O–H groups in total. The van der Waals surface area contributed by atoms with Gasteiger partial charge in [-0.1, -0.05) is 45.9 Å². The third kappa shape index (κ3) is 7.10. The van der Waals surface area contributed by atoms with Crippen LogP contribution in [0.3, 0.4) is 0 Å². The van der Waals surface area contributed by atoms with Crippen LogP contribution in [-0.4, -0.2) is 86.7 Å². The number of fused-ring (bicyclic) bond motifs is 14. The summed E-state index contributed by atoms with van der Waals surface area (Å²) in [6.07, 6.45) is 4.07. The fourth-order valence-electron chi connectivity index (χ4n) is 6.89. The number of aliphatic hydroxyl groups is 2. The van der Waals surface area contributed by atoms with Crippen molar-refractivity contribution in [3.63, 3.8) is 0 Å². The van der Waals surface area contributed by atoms with E-state index >= 15 is 0 Å². The van der Waals surface area contributed by atoms with Crippen LogP contribution in [0.1, 0.15) is 70.0 Å². The fourth-order valence-corrected chi connectivity index (χ4v) is 6.89. The maximum Gasteiger partial charge on any atom is 0.312 e. The number of phenols is 3. The molecule has 0 fully saturated rings. The molecule has 3 heterocycles. The van der Waals surface area contributed by atoms with Crippen molar-refractivity contribution in [3.8, 4) is 23.0 Å². The number of methoxy groups -OCH3 is 1. The molecular weight excluding hydrogens is 676 g/mol. The number of benzene rings is 2. The summed E-state index contributed by atoms with van der Waals surface area (Å²) >= 11 is 0. The average Bonchev–Trinajstić information content (AvgIpc) is 3.36. The normalized spacial score (nSPS) is 32.3. The number of Topliss-reactive ketones (excluding diaryl/α,β-unsaturated/α-hetero) is 1. The minimum atomic E-state index is -2.05. The van der Waals surface area contributed by atoms with Gasteiger partial charge in [-0.05, 0) is 19.9 Å². The van der Waals surface area contributed by atoms with E-state index < -0.39 is 88.8 Å². The van der Waals surface area contributed by atoms with Crippen molar-refractivity contribution in [2.45, 2.75) is 85.6 Å². The molecule has 2 aromatic rings. The van der Waals surface area contributed by atoms with E-state index in [1.807, 2.05) is 0 Å². The SMILES string of the molecule is CO[C@H]1/C=C/O[C@@]2(C)Oc3c(C)c(O)c4c(O)c(c(C=N)c(O)c4c3C2=O)NC(=O)/C(C)=C\C=C\[C@H](C)[C@H](O)[C@@H](C)[C@@H](O)[C@@H](C)[C@H](OC(C)=O)[C@@H]1C. The van der Waals surface area contributed by atoms with Gasteiger partial charge in [-0.15, -0.1) is 0 Å². The van der Waals surface area contributed by atoms with Crippen LogP contribution in [0, 0.1) is 36.0 Å². The van der Waals surface area contributed by atoms with Gasteiger partial charge in [0.25, 0.3) is 11.7 Å². The second-order valence-electron chi connectivity index (χ2n) is 13.8. The van der Waals surface area contributed by atoms with Gasteiger partial charge in [-0.3, -0.25) is 14.4 Å². The number of aromatic hydroxyl groups is 3. The Labute approximate surface area is 301 Å². The molecule has 5 bridgehead atoms. The number of ketones is 1. The Hall–Kier alpha value is -4.92. The van der Waals surface area contributed by atoms with E-state index in [0.717, 1.165) is 0 Å². The van der Waals surface area contributed by atoms with Crippen LogP contribution in [-0.2, 0) is 23.8 Å². The Kier molecular flexibility index (Phi) is 11.8.